The molecule has 2 aromatic rings. The van der Waals surface area contributed by atoms with Crippen molar-refractivity contribution in [2.75, 3.05) is 11.5 Å². The average molecular weight is 279 g/mol. The Morgan fingerprint density at radius 2 is 2.26 bits per heavy atom. The number of aryl methyl sites for hydroxylation is 2. The summed E-state index contributed by atoms with van der Waals surface area (Å²) in [7, 11) is 0. The SMILES string of the molecule is CCn1nc(C)c2nc(N)n(CC3CCCCS3)c21. The van der Waals surface area contributed by atoms with E-state index in [2.05, 4.69) is 33.3 Å². The second-order valence-corrected chi connectivity index (χ2v) is 6.55. The molecule has 3 heterocycles. The fourth-order valence-electron chi connectivity index (χ4n) is 2.80. The topological polar surface area (TPSA) is 61.7 Å². The van der Waals surface area contributed by atoms with Crippen molar-refractivity contribution < 1.29 is 0 Å². The summed E-state index contributed by atoms with van der Waals surface area (Å²) in [4.78, 5) is 4.49. The first-order valence-electron chi connectivity index (χ1n) is 7.01. The maximum atomic E-state index is 6.11. The van der Waals surface area contributed by atoms with E-state index in [1.807, 2.05) is 11.6 Å². The molecule has 2 aromatic heterocycles. The number of hydrogen-bond acceptors (Lipinski definition) is 4. The van der Waals surface area contributed by atoms with Gasteiger partial charge in [0.1, 0.15) is 5.52 Å². The minimum atomic E-state index is 0.629. The lowest BCUT2D eigenvalue weighted by atomic mass is 10.2. The molecule has 0 aliphatic carbocycles. The second kappa shape index (κ2) is 5.07. The summed E-state index contributed by atoms with van der Waals surface area (Å²) in [6, 6.07) is 0. The number of fused-ring (bicyclic) bond motifs is 1. The van der Waals surface area contributed by atoms with Crippen LogP contribution in [0.5, 0.6) is 0 Å². The van der Waals surface area contributed by atoms with Gasteiger partial charge in [0.05, 0.1) is 5.69 Å². The molecule has 5 nitrogen and oxygen atoms in total. The number of aromatic nitrogens is 4. The lowest BCUT2D eigenvalue weighted by molar-refractivity contribution is 0.577. The van der Waals surface area contributed by atoms with E-state index in [1.54, 1.807) is 0 Å². The molecule has 0 saturated carbocycles. The zero-order valence-corrected chi connectivity index (χ0v) is 12.4. The molecule has 1 atom stereocenters. The van der Waals surface area contributed by atoms with Crippen molar-refractivity contribution in [2.24, 2.45) is 0 Å². The molecule has 104 valence electrons. The van der Waals surface area contributed by atoms with Crippen molar-refractivity contribution in [2.45, 2.75) is 51.4 Å². The third kappa shape index (κ3) is 2.22. The van der Waals surface area contributed by atoms with E-state index in [9.17, 15) is 0 Å². The van der Waals surface area contributed by atoms with Gasteiger partial charge in [-0.2, -0.15) is 16.9 Å². The Hall–Kier alpha value is -1.17. The Labute approximate surface area is 117 Å². The minimum Gasteiger partial charge on any atom is -0.369 e. The van der Waals surface area contributed by atoms with Crippen molar-refractivity contribution in [3.63, 3.8) is 0 Å². The molecule has 1 unspecified atom stereocenters. The quantitative estimate of drug-likeness (QED) is 0.937. The molecule has 2 N–H and O–H groups in total. The van der Waals surface area contributed by atoms with Gasteiger partial charge in [-0.15, -0.1) is 0 Å². The number of thioether (sulfide) groups is 1. The highest BCUT2D eigenvalue weighted by Crippen LogP contribution is 2.29. The van der Waals surface area contributed by atoms with Crippen molar-refractivity contribution >= 4 is 28.9 Å². The van der Waals surface area contributed by atoms with Gasteiger partial charge in [0.25, 0.3) is 0 Å². The summed E-state index contributed by atoms with van der Waals surface area (Å²) in [6.07, 6.45) is 3.96. The van der Waals surface area contributed by atoms with Crippen molar-refractivity contribution in [3.05, 3.63) is 5.69 Å². The van der Waals surface area contributed by atoms with Gasteiger partial charge >= 0.3 is 0 Å². The number of nitrogen functional groups attached to an aromatic ring is 1. The summed E-state index contributed by atoms with van der Waals surface area (Å²) in [5, 5.41) is 5.20. The van der Waals surface area contributed by atoms with E-state index in [4.69, 9.17) is 5.73 Å². The van der Waals surface area contributed by atoms with Crippen LogP contribution < -0.4 is 5.73 Å². The lowest BCUT2D eigenvalue weighted by Gasteiger charge is -2.22. The summed E-state index contributed by atoms with van der Waals surface area (Å²) in [5.41, 5.74) is 9.13. The number of imidazole rings is 1. The molecule has 19 heavy (non-hydrogen) atoms. The highest BCUT2D eigenvalue weighted by Gasteiger charge is 2.21. The van der Waals surface area contributed by atoms with E-state index in [-0.39, 0.29) is 0 Å². The minimum absolute atomic E-state index is 0.629. The predicted molar refractivity (Wildman–Crippen MR) is 80.4 cm³/mol. The van der Waals surface area contributed by atoms with Crippen LogP contribution in [0.1, 0.15) is 31.9 Å². The molecule has 0 spiro atoms. The third-order valence-electron chi connectivity index (χ3n) is 3.79. The van der Waals surface area contributed by atoms with Gasteiger partial charge in [0.15, 0.2) is 5.65 Å². The first kappa shape index (κ1) is 12.8. The predicted octanol–water partition coefficient (Wildman–Crippen LogP) is 2.43. The number of hydrogen-bond donors (Lipinski definition) is 1. The standard InChI is InChI=1S/C13H21N5S/c1-3-18-12-11(9(2)16-18)15-13(14)17(12)8-10-6-4-5-7-19-10/h10H,3-8H2,1-2H3,(H2,14,15). The van der Waals surface area contributed by atoms with Gasteiger partial charge in [-0.1, -0.05) is 6.42 Å². The lowest BCUT2D eigenvalue weighted by Crippen LogP contribution is -2.19. The molecule has 0 aromatic carbocycles. The van der Waals surface area contributed by atoms with Crippen LogP contribution in [-0.4, -0.2) is 30.3 Å². The van der Waals surface area contributed by atoms with Crippen LogP contribution in [0.25, 0.3) is 11.2 Å². The molecular formula is C13H21N5S. The van der Waals surface area contributed by atoms with Crippen LogP contribution in [0.4, 0.5) is 5.95 Å². The summed E-state index contributed by atoms with van der Waals surface area (Å²) in [6.45, 7) is 5.92. The first-order chi connectivity index (χ1) is 9.20. The van der Waals surface area contributed by atoms with E-state index >= 15 is 0 Å². The average Bonchev–Trinajstić information content (AvgIpc) is 2.90. The highest BCUT2D eigenvalue weighted by atomic mass is 32.2. The molecule has 1 saturated heterocycles. The van der Waals surface area contributed by atoms with Crippen LogP contribution >= 0.6 is 11.8 Å². The molecule has 1 aliphatic rings. The number of anilines is 1. The van der Waals surface area contributed by atoms with Gasteiger partial charge < -0.3 is 5.73 Å². The third-order valence-corrected chi connectivity index (χ3v) is 5.17. The Bertz CT molecular complexity index is 579. The number of rotatable bonds is 3. The smallest absolute Gasteiger partial charge is 0.202 e. The fourth-order valence-corrected chi connectivity index (χ4v) is 4.09. The van der Waals surface area contributed by atoms with E-state index in [0.717, 1.165) is 29.9 Å². The summed E-state index contributed by atoms with van der Waals surface area (Å²) < 4.78 is 4.17. The van der Waals surface area contributed by atoms with Crippen molar-refractivity contribution in [3.8, 4) is 0 Å². The first-order valence-corrected chi connectivity index (χ1v) is 8.06. The maximum Gasteiger partial charge on any atom is 0.202 e. The van der Waals surface area contributed by atoms with Crippen LogP contribution in [-0.2, 0) is 13.1 Å². The van der Waals surface area contributed by atoms with Gasteiger partial charge in [-0.05, 0) is 32.4 Å². The zero-order chi connectivity index (χ0) is 13.4. The Kier molecular flexibility index (Phi) is 3.43. The normalized spacial score (nSPS) is 20.2. The van der Waals surface area contributed by atoms with Crippen molar-refractivity contribution in [1.29, 1.82) is 0 Å². The molecular weight excluding hydrogens is 258 g/mol. The maximum absolute atomic E-state index is 6.11. The number of nitrogens with zero attached hydrogens (tertiary/aromatic N) is 4. The van der Waals surface area contributed by atoms with E-state index in [1.165, 1.54) is 25.0 Å². The van der Waals surface area contributed by atoms with Gasteiger partial charge in [0.2, 0.25) is 5.95 Å². The van der Waals surface area contributed by atoms with Crippen LogP contribution in [0.15, 0.2) is 0 Å². The Balaban J connectivity index is 1.99. The van der Waals surface area contributed by atoms with Gasteiger partial charge in [-0.25, -0.2) is 9.67 Å². The molecule has 0 radical (unpaired) electrons. The zero-order valence-electron chi connectivity index (χ0n) is 11.6. The number of nitrogens with two attached hydrogens (primary N) is 1. The molecule has 3 rings (SSSR count). The Morgan fingerprint density at radius 1 is 1.42 bits per heavy atom. The molecule has 1 fully saturated rings. The molecule has 0 bridgehead atoms. The van der Waals surface area contributed by atoms with Crippen LogP contribution in [0.2, 0.25) is 0 Å². The van der Waals surface area contributed by atoms with Gasteiger partial charge in [-0.3, -0.25) is 4.57 Å². The van der Waals surface area contributed by atoms with E-state index in [0.29, 0.717) is 11.2 Å². The summed E-state index contributed by atoms with van der Waals surface area (Å²) >= 11 is 2.07. The van der Waals surface area contributed by atoms with Crippen molar-refractivity contribution in [1.82, 2.24) is 19.3 Å². The van der Waals surface area contributed by atoms with Gasteiger partial charge in [0, 0.05) is 18.3 Å². The largest absolute Gasteiger partial charge is 0.369 e. The van der Waals surface area contributed by atoms with Crippen LogP contribution in [0, 0.1) is 6.92 Å². The highest BCUT2D eigenvalue weighted by molar-refractivity contribution is 7.99. The fraction of sp³-hybridized carbons (Fsp3) is 0.692. The van der Waals surface area contributed by atoms with Crippen LogP contribution in [0.3, 0.4) is 0 Å². The molecule has 6 heteroatoms. The Morgan fingerprint density at radius 3 is 2.95 bits per heavy atom. The monoisotopic (exact) mass is 279 g/mol. The summed E-state index contributed by atoms with van der Waals surface area (Å²) in [5.74, 6) is 1.90. The molecule has 1 aliphatic heterocycles. The second-order valence-electron chi connectivity index (χ2n) is 5.14. The van der Waals surface area contributed by atoms with E-state index < -0.39 is 0 Å². The molecule has 0 amide bonds.